The lowest BCUT2D eigenvalue weighted by molar-refractivity contribution is -0.121. The van der Waals surface area contributed by atoms with Crippen LogP contribution in [0, 0.1) is 0 Å². The molecule has 1 fully saturated rings. The summed E-state index contributed by atoms with van der Waals surface area (Å²) in [6.07, 6.45) is 13.3. The first-order chi connectivity index (χ1) is 10.2. The molecule has 0 saturated carbocycles. The van der Waals surface area contributed by atoms with Crippen molar-refractivity contribution < 1.29 is 14.3 Å². The van der Waals surface area contributed by atoms with E-state index in [1.807, 2.05) is 0 Å². The Bertz CT molecular complexity index is 317. The first-order valence-corrected chi connectivity index (χ1v) is 8.64. The molecule has 0 aromatic rings. The number of ketones is 1. The van der Waals surface area contributed by atoms with Gasteiger partial charge in [0.2, 0.25) is 5.91 Å². The fourth-order valence-electron chi connectivity index (χ4n) is 2.68. The number of epoxide rings is 1. The molecule has 2 N–H and O–H groups in total. The average molecular weight is 297 g/mol. The van der Waals surface area contributed by atoms with E-state index < -0.39 is 18.1 Å². The van der Waals surface area contributed by atoms with Gasteiger partial charge in [-0.25, -0.2) is 0 Å². The lowest BCUT2D eigenvalue weighted by Crippen LogP contribution is -2.22. The molecule has 0 aliphatic carbocycles. The number of unbranched alkanes of at least 4 members (excludes halogenated alkanes) is 10. The minimum absolute atomic E-state index is 0.0368. The van der Waals surface area contributed by atoms with Crippen LogP contribution in [-0.2, 0) is 14.3 Å². The van der Waals surface area contributed by atoms with Gasteiger partial charge in [0.1, 0.15) is 0 Å². The summed E-state index contributed by atoms with van der Waals surface area (Å²) in [5, 5.41) is 0. The van der Waals surface area contributed by atoms with Gasteiger partial charge >= 0.3 is 0 Å². The van der Waals surface area contributed by atoms with Crippen molar-refractivity contribution in [2.75, 3.05) is 0 Å². The average Bonchev–Trinajstić information content (AvgIpc) is 3.25. The number of carbonyl (C=O) groups is 2. The van der Waals surface area contributed by atoms with Crippen LogP contribution in [0.2, 0.25) is 0 Å². The molecule has 1 heterocycles. The van der Waals surface area contributed by atoms with E-state index in [-0.39, 0.29) is 5.78 Å². The summed E-state index contributed by atoms with van der Waals surface area (Å²) in [7, 11) is 0. The topological polar surface area (TPSA) is 72.7 Å². The quantitative estimate of drug-likeness (QED) is 0.394. The number of primary amides is 1. The Morgan fingerprint density at radius 3 is 1.71 bits per heavy atom. The van der Waals surface area contributed by atoms with Gasteiger partial charge in [-0.3, -0.25) is 9.59 Å². The zero-order valence-electron chi connectivity index (χ0n) is 13.4. The van der Waals surface area contributed by atoms with Gasteiger partial charge in [-0.1, -0.05) is 71.1 Å². The SMILES string of the molecule is CCCCCCCCCCCCCC(=O)[C@H]1O[C@H]1C(N)=O. The van der Waals surface area contributed by atoms with Crippen LogP contribution >= 0.6 is 0 Å². The third kappa shape index (κ3) is 8.20. The van der Waals surface area contributed by atoms with Gasteiger partial charge in [0.25, 0.3) is 0 Å². The standard InChI is InChI=1S/C17H31NO3/c1-2-3-4-5-6-7-8-9-10-11-12-13-14(19)15-16(21-15)17(18)20/h15-16H,2-13H2,1H3,(H2,18,20)/t15-,16-/m1/s1. The van der Waals surface area contributed by atoms with E-state index in [1.54, 1.807) is 0 Å². The maximum Gasteiger partial charge on any atom is 0.249 e. The van der Waals surface area contributed by atoms with Crippen molar-refractivity contribution in [1.82, 2.24) is 0 Å². The van der Waals surface area contributed by atoms with Crippen molar-refractivity contribution in [2.24, 2.45) is 5.73 Å². The van der Waals surface area contributed by atoms with Gasteiger partial charge in [0.05, 0.1) is 0 Å². The Balaban J connectivity index is 1.81. The number of nitrogens with two attached hydrogens (primary N) is 1. The Morgan fingerprint density at radius 2 is 1.29 bits per heavy atom. The van der Waals surface area contributed by atoms with Gasteiger partial charge in [-0.05, 0) is 6.42 Å². The Morgan fingerprint density at radius 1 is 0.810 bits per heavy atom. The molecule has 0 unspecified atom stereocenters. The van der Waals surface area contributed by atoms with Crippen molar-refractivity contribution in [3.63, 3.8) is 0 Å². The van der Waals surface area contributed by atoms with E-state index in [2.05, 4.69) is 6.92 Å². The van der Waals surface area contributed by atoms with E-state index in [4.69, 9.17) is 10.5 Å². The summed E-state index contributed by atoms with van der Waals surface area (Å²) in [6, 6.07) is 0. The molecule has 4 nitrogen and oxygen atoms in total. The molecule has 0 radical (unpaired) electrons. The Labute approximate surface area is 128 Å². The number of Topliss-reactive ketones (excluding diaryl/α,β-unsaturated/α-hetero) is 1. The van der Waals surface area contributed by atoms with Gasteiger partial charge < -0.3 is 10.5 Å². The predicted molar refractivity (Wildman–Crippen MR) is 83.9 cm³/mol. The molecule has 1 aliphatic heterocycles. The summed E-state index contributed by atoms with van der Waals surface area (Å²) in [6.45, 7) is 2.24. The Kier molecular flexibility index (Phi) is 9.31. The largest absolute Gasteiger partial charge is 0.367 e. The lowest BCUT2D eigenvalue weighted by Gasteiger charge is -2.02. The molecular formula is C17H31NO3. The van der Waals surface area contributed by atoms with Crippen LogP contribution in [0.3, 0.4) is 0 Å². The first-order valence-electron chi connectivity index (χ1n) is 8.64. The van der Waals surface area contributed by atoms with Crippen LogP contribution in [0.15, 0.2) is 0 Å². The molecule has 1 aliphatic rings. The lowest BCUT2D eigenvalue weighted by atomic mass is 10.0. The van der Waals surface area contributed by atoms with Crippen molar-refractivity contribution in [2.45, 2.75) is 96.2 Å². The molecule has 0 aromatic heterocycles. The van der Waals surface area contributed by atoms with E-state index in [0.717, 1.165) is 12.8 Å². The van der Waals surface area contributed by atoms with Crippen molar-refractivity contribution in [3.05, 3.63) is 0 Å². The summed E-state index contributed by atoms with van der Waals surface area (Å²) in [5.74, 6) is -0.484. The first kappa shape index (κ1) is 18.1. The number of hydrogen-bond donors (Lipinski definition) is 1. The van der Waals surface area contributed by atoms with Crippen LogP contribution in [-0.4, -0.2) is 23.9 Å². The zero-order chi connectivity index (χ0) is 15.5. The highest BCUT2D eigenvalue weighted by Crippen LogP contribution is 2.24. The van der Waals surface area contributed by atoms with Crippen LogP contribution in [0.5, 0.6) is 0 Å². The summed E-state index contributed by atoms with van der Waals surface area (Å²) < 4.78 is 4.97. The number of ether oxygens (including phenoxy) is 1. The molecule has 2 atom stereocenters. The van der Waals surface area contributed by atoms with Gasteiger partial charge in [0, 0.05) is 6.42 Å². The summed E-state index contributed by atoms with van der Waals surface area (Å²) >= 11 is 0. The van der Waals surface area contributed by atoms with Crippen LogP contribution < -0.4 is 5.73 Å². The van der Waals surface area contributed by atoms with Gasteiger partial charge in [0.15, 0.2) is 18.0 Å². The molecule has 21 heavy (non-hydrogen) atoms. The summed E-state index contributed by atoms with van der Waals surface area (Å²) in [5.41, 5.74) is 5.07. The highest BCUT2D eigenvalue weighted by Gasteiger charge is 2.48. The minimum atomic E-state index is -0.648. The molecular weight excluding hydrogens is 266 g/mol. The molecule has 0 aromatic carbocycles. The van der Waals surface area contributed by atoms with Crippen LogP contribution in [0.4, 0.5) is 0 Å². The third-order valence-electron chi connectivity index (χ3n) is 4.12. The second-order valence-electron chi connectivity index (χ2n) is 6.13. The van der Waals surface area contributed by atoms with E-state index >= 15 is 0 Å². The number of carbonyl (C=O) groups excluding carboxylic acids is 2. The molecule has 0 spiro atoms. The number of hydrogen-bond acceptors (Lipinski definition) is 3. The molecule has 1 rings (SSSR count). The highest BCUT2D eigenvalue weighted by molar-refractivity contribution is 5.95. The molecule has 4 heteroatoms. The van der Waals surface area contributed by atoms with Crippen molar-refractivity contribution in [1.29, 1.82) is 0 Å². The van der Waals surface area contributed by atoms with Crippen molar-refractivity contribution in [3.8, 4) is 0 Å². The fraction of sp³-hybridized carbons (Fsp3) is 0.882. The zero-order valence-corrected chi connectivity index (χ0v) is 13.4. The number of rotatable bonds is 14. The van der Waals surface area contributed by atoms with Gasteiger partial charge in [-0.15, -0.1) is 0 Å². The fourth-order valence-corrected chi connectivity index (χ4v) is 2.68. The van der Waals surface area contributed by atoms with Crippen LogP contribution in [0.1, 0.15) is 84.0 Å². The molecule has 122 valence electrons. The van der Waals surface area contributed by atoms with E-state index in [9.17, 15) is 9.59 Å². The number of amides is 1. The second kappa shape index (κ2) is 10.8. The normalized spacial score (nSPS) is 20.4. The van der Waals surface area contributed by atoms with E-state index in [0.29, 0.717) is 6.42 Å². The van der Waals surface area contributed by atoms with Crippen molar-refractivity contribution >= 4 is 11.7 Å². The molecule has 1 saturated heterocycles. The maximum atomic E-state index is 11.6. The van der Waals surface area contributed by atoms with Gasteiger partial charge in [-0.2, -0.15) is 0 Å². The Hall–Kier alpha value is -0.900. The van der Waals surface area contributed by atoms with Crippen LogP contribution in [0.25, 0.3) is 0 Å². The maximum absolute atomic E-state index is 11.6. The highest BCUT2D eigenvalue weighted by atomic mass is 16.6. The third-order valence-corrected chi connectivity index (χ3v) is 4.12. The smallest absolute Gasteiger partial charge is 0.249 e. The summed E-state index contributed by atoms with van der Waals surface area (Å²) in [4.78, 5) is 22.4. The van der Waals surface area contributed by atoms with E-state index in [1.165, 1.54) is 57.8 Å². The molecule has 0 bridgehead atoms. The second-order valence-corrected chi connectivity index (χ2v) is 6.13. The monoisotopic (exact) mass is 297 g/mol. The molecule has 1 amide bonds. The minimum Gasteiger partial charge on any atom is -0.367 e. The predicted octanol–water partition coefficient (Wildman–Crippen LogP) is 3.51.